The Bertz CT molecular complexity index is 977. The Morgan fingerprint density at radius 2 is 1.81 bits per heavy atom. The molecule has 32 heavy (non-hydrogen) atoms. The van der Waals surface area contributed by atoms with Crippen molar-refractivity contribution in [3.63, 3.8) is 0 Å². The number of hydrogen-bond acceptors (Lipinski definition) is 5. The number of fused-ring (bicyclic) bond motifs is 1. The minimum atomic E-state index is 0.362. The van der Waals surface area contributed by atoms with E-state index >= 15 is 0 Å². The van der Waals surface area contributed by atoms with Crippen LogP contribution >= 0.6 is 39.7 Å². The van der Waals surface area contributed by atoms with Crippen LogP contribution in [0.3, 0.4) is 0 Å². The molecule has 0 radical (unpaired) electrons. The van der Waals surface area contributed by atoms with Gasteiger partial charge in [0.25, 0.3) is 0 Å². The molecule has 2 aliphatic carbocycles. The van der Waals surface area contributed by atoms with E-state index in [0.29, 0.717) is 22.2 Å². The summed E-state index contributed by atoms with van der Waals surface area (Å²) >= 11 is 15.1. The third kappa shape index (κ3) is 5.83. The third-order valence-electron chi connectivity index (χ3n) is 6.16. The summed E-state index contributed by atoms with van der Waals surface area (Å²) < 4.78 is 0.870. The van der Waals surface area contributed by atoms with E-state index in [1.165, 1.54) is 24.1 Å². The lowest BCUT2D eigenvalue weighted by atomic mass is 9.91. The molecule has 6 nitrogen and oxygen atoms in total. The highest BCUT2D eigenvalue weighted by molar-refractivity contribution is 9.10. The lowest BCUT2D eigenvalue weighted by molar-refractivity contribution is 0.387. The number of halogens is 2. The van der Waals surface area contributed by atoms with Crippen LogP contribution in [0, 0.1) is 0 Å². The number of nitrogens with one attached hydrogen (secondary N) is 3. The molecule has 2 aromatic rings. The highest BCUT2D eigenvalue weighted by atomic mass is 79.9. The van der Waals surface area contributed by atoms with Crippen LogP contribution < -0.4 is 20.9 Å². The molecule has 1 aromatic heterocycles. The number of rotatable bonds is 5. The van der Waals surface area contributed by atoms with Crippen molar-refractivity contribution >= 4 is 62.3 Å². The van der Waals surface area contributed by atoms with Gasteiger partial charge in [0.15, 0.2) is 5.11 Å². The van der Waals surface area contributed by atoms with E-state index in [2.05, 4.69) is 50.9 Å². The van der Waals surface area contributed by atoms with Gasteiger partial charge in [0.2, 0.25) is 5.95 Å². The summed E-state index contributed by atoms with van der Waals surface area (Å²) in [5.74, 6) is 1.84. The number of aryl methyl sites for hydroxylation is 1. The van der Waals surface area contributed by atoms with Crippen molar-refractivity contribution in [3.05, 3.63) is 39.0 Å². The van der Waals surface area contributed by atoms with E-state index in [1.54, 1.807) is 0 Å². The number of nitrogens with zero attached hydrogens (tertiary/aromatic N) is 3. The molecule has 1 fully saturated rings. The molecule has 0 bridgehead atoms. The summed E-state index contributed by atoms with van der Waals surface area (Å²) in [5, 5.41) is 11.6. The molecule has 172 valence electrons. The summed E-state index contributed by atoms with van der Waals surface area (Å²) in [7, 11) is 4.13. The van der Waals surface area contributed by atoms with E-state index in [1.807, 2.05) is 18.2 Å². The Balaban J connectivity index is 1.30. The Morgan fingerprint density at radius 1 is 1.09 bits per heavy atom. The van der Waals surface area contributed by atoms with Gasteiger partial charge < -0.3 is 20.9 Å². The normalized spacial score (nSPS) is 20.2. The molecular formula is C23H30BrClN6S. The fourth-order valence-corrected chi connectivity index (χ4v) is 5.21. The summed E-state index contributed by atoms with van der Waals surface area (Å²) in [5.41, 5.74) is 3.43. The number of anilines is 3. The minimum Gasteiger partial charge on any atom is -0.362 e. The maximum Gasteiger partial charge on any atom is 0.225 e. The molecule has 1 aromatic carbocycles. The second-order valence-electron chi connectivity index (χ2n) is 8.82. The van der Waals surface area contributed by atoms with Crippen LogP contribution in [-0.4, -0.2) is 41.3 Å². The second kappa shape index (κ2) is 10.5. The van der Waals surface area contributed by atoms with Crippen LogP contribution in [0.2, 0.25) is 5.02 Å². The lowest BCUT2D eigenvalue weighted by Crippen LogP contribution is -2.42. The monoisotopic (exact) mass is 536 g/mol. The molecular weight excluding hydrogens is 508 g/mol. The Labute approximate surface area is 209 Å². The van der Waals surface area contributed by atoms with E-state index < -0.39 is 0 Å². The molecule has 1 saturated carbocycles. The molecule has 9 heteroatoms. The SMILES string of the molecule is CN(C)c1nc(N[C@H]2CC[C@@H](NC(=S)Nc3ccc(Br)c(Cl)c3)CC2)nc2c1CCCC2. The molecule has 0 aliphatic heterocycles. The van der Waals surface area contributed by atoms with Crippen LogP contribution in [0.1, 0.15) is 49.8 Å². The van der Waals surface area contributed by atoms with Crippen molar-refractivity contribution in [1.29, 1.82) is 0 Å². The zero-order chi connectivity index (χ0) is 22.7. The van der Waals surface area contributed by atoms with Crippen LogP contribution in [0.25, 0.3) is 0 Å². The Hall–Kier alpha value is -1.64. The van der Waals surface area contributed by atoms with Crippen molar-refractivity contribution < 1.29 is 0 Å². The Morgan fingerprint density at radius 3 is 2.53 bits per heavy atom. The maximum atomic E-state index is 6.17. The van der Waals surface area contributed by atoms with E-state index in [4.69, 9.17) is 33.8 Å². The summed E-state index contributed by atoms with van der Waals surface area (Å²) in [6, 6.07) is 6.47. The first kappa shape index (κ1) is 23.5. The summed E-state index contributed by atoms with van der Waals surface area (Å²) in [4.78, 5) is 11.8. The number of thiocarbonyl (C=S) groups is 1. The predicted molar refractivity (Wildman–Crippen MR) is 141 cm³/mol. The lowest BCUT2D eigenvalue weighted by Gasteiger charge is -2.31. The highest BCUT2D eigenvalue weighted by Crippen LogP contribution is 2.30. The van der Waals surface area contributed by atoms with Gasteiger partial charge in [-0.15, -0.1) is 0 Å². The minimum absolute atomic E-state index is 0.362. The highest BCUT2D eigenvalue weighted by Gasteiger charge is 2.24. The van der Waals surface area contributed by atoms with Gasteiger partial charge in [0.05, 0.1) is 10.7 Å². The van der Waals surface area contributed by atoms with Gasteiger partial charge in [-0.25, -0.2) is 4.98 Å². The standard InChI is InChI=1S/C23H30BrClN6S/c1-31(2)21-17-5-3-4-6-20(17)29-22(30-21)26-14-7-9-15(10-8-14)27-23(32)28-16-11-12-18(24)19(25)13-16/h11-15H,3-10H2,1-2H3,(H,26,29,30)(H2,27,28,32)/t14-,15+. The van der Waals surface area contributed by atoms with E-state index in [-0.39, 0.29) is 0 Å². The number of benzene rings is 1. The van der Waals surface area contributed by atoms with Crippen molar-refractivity contribution in [1.82, 2.24) is 15.3 Å². The van der Waals surface area contributed by atoms with E-state index in [9.17, 15) is 0 Å². The first-order valence-electron chi connectivity index (χ1n) is 11.3. The topological polar surface area (TPSA) is 65.1 Å². The van der Waals surface area contributed by atoms with Crippen molar-refractivity contribution in [3.8, 4) is 0 Å². The zero-order valence-electron chi connectivity index (χ0n) is 18.5. The number of hydrogen-bond donors (Lipinski definition) is 3. The van der Waals surface area contributed by atoms with Gasteiger partial charge >= 0.3 is 0 Å². The average Bonchev–Trinajstić information content (AvgIpc) is 2.77. The smallest absolute Gasteiger partial charge is 0.225 e. The molecule has 1 heterocycles. The quantitative estimate of drug-likeness (QED) is 0.432. The molecule has 0 saturated heterocycles. The Kier molecular flexibility index (Phi) is 7.74. The average molecular weight is 538 g/mol. The van der Waals surface area contributed by atoms with Gasteiger partial charge in [-0.2, -0.15) is 4.98 Å². The maximum absolute atomic E-state index is 6.17. The molecule has 4 rings (SSSR count). The van der Waals surface area contributed by atoms with Crippen LogP contribution in [0.5, 0.6) is 0 Å². The van der Waals surface area contributed by atoms with Crippen molar-refractivity contribution in [2.75, 3.05) is 29.6 Å². The second-order valence-corrected chi connectivity index (χ2v) is 10.5. The molecule has 0 spiro atoms. The fourth-order valence-electron chi connectivity index (χ4n) is 4.50. The molecule has 2 aliphatic rings. The summed E-state index contributed by atoms with van der Waals surface area (Å²) in [6.07, 6.45) is 8.79. The third-order valence-corrected chi connectivity index (χ3v) is 7.61. The van der Waals surface area contributed by atoms with E-state index in [0.717, 1.165) is 60.5 Å². The number of aromatic nitrogens is 2. The van der Waals surface area contributed by atoms with Crippen molar-refractivity contribution in [2.45, 2.75) is 63.5 Å². The molecule has 3 N–H and O–H groups in total. The van der Waals surface area contributed by atoms with Gasteiger partial charge in [0, 0.05) is 41.9 Å². The van der Waals surface area contributed by atoms with Gasteiger partial charge in [-0.05, 0) is 97.7 Å². The van der Waals surface area contributed by atoms with Gasteiger partial charge in [0.1, 0.15) is 5.82 Å². The first-order valence-corrected chi connectivity index (χ1v) is 12.8. The molecule has 0 amide bonds. The molecule has 0 atom stereocenters. The summed E-state index contributed by atoms with van der Waals surface area (Å²) in [6.45, 7) is 0. The largest absolute Gasteiger partial charge is 0.362 e. The molecule has 0 unspecified atom stereocenters. The fraction of sp³-hybridized carbons (Fsp3) is 0.522. The van der Waals surface area contributed by atoms with Crippen LogP contribution in [-0.2, 0) is 12.8 Å². The van der Waals surface area contributed by atoms with Gasteiger partial charge in [-0.3, -0.25) is 0 Å². The van der Waals surface area contributed by atoms with Gasteiger partial charge in [-0.1, -0.05) is 11.6 Å². The van der Waals surface area contributed by atoms with Crippen LogP contribution in [0.4, 0.5) is 17.5 Å². The first-order chi connectivity index (χ1) is 15.4. The van der Waals surface area contributed by atoms with Crippen molar-refractivity contribution in [2.24, 2.45) is 0 Å². The van der Waals surface area contributed by atoms with Crippen LogP contribution in [0.15, 0.2) is 22.7 Å². The predicted octanol–water partition coefficient (Wildman–Crippen LogP) is 5.55. The zero-order valence-corrected chi connectivity index (χ0v) is 21.7.